The number of ether oxygens (including phenoxy) is 1. The molecule has 2 fully saturated rings. The van der Waals surface area contributed by atoms with Gasteiger partial charge >= 0.3 is 0 Å². The molecule has 3 heterocycles. The van der Waals surface area contributed by atoms with Gasteiger partial charge in [0.15, 0.2) is 0 Å². The molecule has 2 aliphatic rings. The fourth-order valence-electron chi connectivity index (χ4n) is 5.09. The van der Waals surface area contributed by atoms with Crippen molar-refractivity contribution >= 4 is 16.8 Å². The third kappa shape index (κ3) is 3.86. The molecule has 1 unspecified atom stereocenters. The van der Waals surface area contributed by atoms with Gasteiger partial charge in [-0.2, -0.15) is 0 Å². The van der Waals surface area contributed by atoms with Gasteiger partial charge < -0.3 is 14.6 Å². The number of carbonyl (C=O) groups excluding carboxylic acids is 1. The van der Waals surface area contributed by atoms with Gasteiger partial charge in [-0.3, -0.25) is 4.79 Å². The molecule has 2 aliphatic heterocycles. The smallest absolute Gasteiger partial charge is 0.253 e. The Morgan fingerprint density at radius 3 is 2.73 bits per heavy atom. The molecule has 0 saturated carbocycles. The number of piperidine rings is 1. The summed E-state index contributed by atoms with van der Waals surface area (Å²) in [5, 5.41) is 1.12. The van der Waals surface area contributed by atoms with Gasteiger partial charge in [0.2, 0.25) is 0 Å². The second-order valence-electron chi connectivity index (χ2n) is 8.79. The molecule has 1 spiro atoms. The van der Waals surface area contributed by atoms with Gasteiger partial charge in [-0.05, 0) is 79.3 Å². The van der Waals surface area contributed by atoms with Crippen LogP contribution in [0.15, 0.2) is 54.7 Å². The van der Waals surface area contributed by atoms with E-state index in [4.69, 9.17) is 4.74 Å². The topological polar surface area (TPSA) is 45.3 Å². The predicted molar refractivity (Wildman–Crippen MR) is 115 cm³/mol. The summed E-state index contributed by atoms with van der Waals surface area (Å²) in [6.45, 7) is 2.22. The van der Waals surface area contributed by atoms with Gasteiger partial charge in [-0.25, -0.2) is 4.39 Å². The summed E-state index contributed by atoms with van der Waals surface area (Å²) in [7, 11) is 0. The fraction of sp³-hybridized carbons (Fsp3) is 0.400. The molecule has 1 N–H and O–H groups in total. The average Bonchev–Trinajstić information content (AvgIpc) is 3.24. The molecule has 5 heteroatoms. The van der Waals surface area contributed by atoms with Crippen LogP contribution in [0.4, 0.5) is 4.39 Å². The minimum Gasteiger partial charge on any atom is -0.375 e. The monoisotopic (exact) mass is 406 g/mol. The van der Waals surface area contributed by atoms with E-state index in [1.807, 2.05) is 47.5 Å². The van der Waals surface area contributed by atoms with Crippen molar-refractivity contribution in [3.63, 3.8) is 0 Å². The highest BCUT2D eigenvalue weighted by Crippen LogP contribution is 2.39. The second-order valence-corrected chi connectivity index (χ2v) is 8.79. The molecule has 0 aliphatic carbocycles. The molecule has 156 valence electrons. The minimum absolute atomic E-state index is 0.0972. The van der Waals surface area contributed by atoms with E-state index >= 15 is 0 Å². The fourth-order valence-corrected chi connectivity index (χ4v) is 5.09. The normalized spacial score (nSPS) is 21.2. The van der Waals surface area contributed by atoms with Crippen LogP contribution in [-0.4, -0.2) is 41.1 Å². The van der Waals surface area contributed by atoms with Crippen molar-refractivity contribution in [1.29, 1.82) is 0 Å². The summed E-state index contributed by atoms with van der Waals surface area (Å²) in [5.41, 5.74) is 2.79. The summed E-state index contributed by atoms with van der Waals surface area (Å²) in [4.78, 5) is 18.2. The Morgan fingerprint density at radius 1 is 1.13 bits per heavy atom. The molecule has 2 aromatic carbocycles. The van der Waals surface area contributed by atoms with Crippen LogP contribution in [0, 0.1) is 11.7 Å². The van der Waals surface area contributed by atoms with Crippen molar-refractivity contribution in [3.8, 4) is 0 Å². The van der Waals surface area contributed by atoms with Crippen LogP contribution in [0.5, 0.6) is 0 Å². The van der Waals surface area contributed by atoms with Crippen LogP contribution in [0.3, 0.4) is 0 Å². The minimum atomic E-state index is -0.186. The number of nitrogens with one attached hydrogen (secondary N) is 1. The van der Waals surface area contributed by atoms with Crippen LogP contribution >= 0.6 is 0 Å². The number of H-pyrrole nitrogens is 1. The van der Waals surface area contributed by atoms with Crippen LogP contribution in [0.1, 0.15) is 41.6 Å². The number of aromatic nitrogens is 1. The number of rotatable bonds is 3. The van der Waals surface area contributed by atoms with Gasteiger partial charge in [0.25, 0.3) is 5.91 Å². The van der Waals surface area contributed by atoms with Crippen molar-refractivity contribution in [2.24, 2.45) is 5.92 Å². The van der Waals surface area contributed by atoms with E-state index in [1.165, 1.54) is 5.56 Å². The Balaban J connectivity index is 1.21. The van der Waals surface area contributed by atoms with E-state index in [0.717, 1.165) is 68.3 Å². The van der Waals surface area contributed by atoms with Gasteiger partial charge in [-0.1, -0.05) is 18.2 Å². The van der Waals surface area contributed by atoms with E-state index in [0.29, 0.717) is 5.92 Å². The van der Waals surface area contributed by atoms with E-state index in [1.54, 1.807) is 12.1 Å². The molecule has 2 saturated heterocycles. The van der Waals surface area contributed by atoms with Crippen molar-refractivity contribution in [1.82, 2.24) is 9.88 Å². The number of nitrogens with zero attached hydrogens (tertiary/aromatic N) is 1. The molecule has 0 bridgehead atoms. The Labute approximate surface area is 176 Å². The number of hydrogen-bond donors (Lipinski definition) is 1. The maximum atomic E-state index is 13.2. The van der Waals surface area contributed by atoms with Gasteiger partial charge in [0.05, 0.1) is 5.60 Å². The predicted octanol–water partition coefficient (Wildman–Crippen LogP) is 4.95. The highest BCUT2D eigenvalue weighted by molar-refractivity contribution is 5.98. The number of likely N-dealkylation sites (tertiary alicyclic amines) is 1. The second kappa shape index (κ2) is 7.88. The van der Waals surface area contributed by atoms with E-state index < -0.39 is 0 Å². The van der Waals surface area contributed by atoms with Gasteiger partial charge in [0, 0.05) is 37.0 Å². The third-order valence-electron chi connectivity index (χ3n) is 6.80. The molecule has 0 radical (unpaired) electrons. The Bertz CT molecular complexity index is 1030. The number of amides is 1. The van der Waals surface area contributed by atoms with E-state index in [9.17, 15) is 9.18 Å². The Hall–Kier alpha value is -2.66. The molecular formula is C25H27FN2O2. The zero-order valence-electron chi connectivity index (χ0n) is 17.1. The lowest BCUT2D eigenvalue weighted by molar-refractivity contribution is -0.123. The summed E-state index contributed by atoms with van der Waals surface area (Å²) >= 11 is 0. The quantitative estimate of drug-likeness (QED) is 0.669. The first kappa shape index (κ1) is 19.3. The van der Waals surface area contributed by atoms with Crippen molar-refractivity contribution in [2.75, 3.05) is 19.7 Å². The lowest BCUT2D eigenvalue weighted by Crippen LogP contribution is -2.51. The van der Waals surface area contributed by atoms with Crippen LogP contribution in [-0.2, 0) is 11.2 Å². The van der Waals surface area contributed by atoms with Crippen molar-refractivity contribution < 1.29 is 13.9 Å². The zero-order valence-corrected chi connectivity index (χ0v) is 17.1. The summed E-state index contributed by atoms with van der Waals surface area (Å²) in [6, 6.07) is 14.7. The van der Waals surface area contributed by atoms with Crippen LogP contribution in [0.2, 0.25) is 0 Å². The maximum absolute atomic E-state index is 13.2. The number of aromatic amines is 1. The molecule has 5 rings (SSSR count). The first-order chi connectivity index (χ1) is 14.6. The molecule has 30 heavy (non-hydrogen) atoms. The standard InChI is InChI=1S/C25H27FN2O2/c26-22-5-1-18(2-6-22)15-19-8-14-30-25(17-19)9-12-28(13-10-25)24(29)21-4-3-20-7-11-27-23(20)16-21/h1-7,11,16,19,27H,8-10,12-15,17H2. The number of fused-ring (bicyclic) bond motifs is 1. The lowest BCUT2D eigenvalue weighted by atomic mass is 9.77. The molecule has 3 aromatic rings. The maximum Gasteiger partial charge on any atom is 0.253 e. The number of halogens is 1. The first-order valence-corrected chi connectivity index (χ1v) is 10.9. The molecule has 4 nitrogen and oxygen atoms in total. The van der Waals surface area contributed by atoms with E-state index in [-0.39, 0.29) is 17.3 Å². The summed E-state index contributed by atoms with van der Waals surface area (Å²) < 4.78 is 19.5. The summed E-state index contributed by atoms with van der Waals surface area (Å²) in [5.74, 6) is 0.455. The van der Waals surface area contributed by atoms with Gasteiger partial charge in [-0.15, -0.1) is 0 Å². The van der Waals surface area contributed by atoms with Crippen molar-refractivity contribution in [3.05, 3.63) is 71.7 Å². The molecule has 1 atom stereocenters. The van der Waals surface area contributed by atoms with Crippen molar-refractivity contribution in [2.45, 2.75) is 37.7 Å². The van der Waals surface area contributed by atoms with Crippen LogP contribution < -0.4 is 0 Å². The Kier molecular flexibility index (Phi) is 5.07. The Morgan fingerprint density at radius 2 is 1.93 bits per heavy atom. The first-order valence-electron chi connectivity index (χ1n) is 10.9. The number of hydrogen-bond acceptors (Lipinski definition) is 2. The lowest BCUT2D eigenvalue weighted by Gasteiger charge is -2.46. The zero-order chi connectivity index (χ0) is 20.6. The summed E-state index contributed by atoms with van der Waals surface area (Å²) in [6.07, 6.45) is 6.67. The SMILES string of the molecule is O=C(c1ccc2cc[nH]c2c1)N1CCC2(CC1)CC(Cc1ccc(F)cc1)CCO2. The molecular weight excluding hydrogens is 379 g/mol. The third-order valence-corrected chi connectivity index (χ3v) is 6.80. The number of carbonyl (C=O) groups is 1. The highest BCUT2D eigenvalue weighted by Gasteiger charge is 2.41. The largest absolute Gasteiger partial charge is 0.375 e. The average molecular weight is 407 g/mol. The van der Waals surface area contributed by atoms with Gasteiger partial charge in [0.1, 0.15) is 5.82 Å². The molecule has 1 amide bonds. The van der Waals surface area contributed by atoms with E-state index in [2.05, 4.69) is 4.98 Å². The van der Waals surface area contributed by atoms with Crippen LogP contribution in [0.25, 0.3) is 10.9 Å². The number of benzene rings is 2. The highest BCUT2D eigenvalue weighted by atomic mass is 19.1. The molecule has 1 aromatic heterocycles.